The van der Waals surface area contributed by atoms with Gasteiger partial charge in [0.1, 0.15) is 12.4 Å². The lowest BCUT2D eigenvalue weighted by molar-refractivity contribution is 0.175. The van der Waals surface area contributed by atoms with Gasteiger partial charge in [0.2, 0.25) is 5.95 Å². The highest BCUT2D eigenvalue weighted by molar-refractivity contribution is 5.34. The smallest absolute Gasteiger partial charge is 0.219 e. The second-order valence-electron chi connectivity index (χ2n) is 7.23. The van der Waals surface area contributed by atoms with Crippen LogP contribution in [0.15, 0.2) is 42.7 Å². The Kier molecular flexibility index (Phi) is 5.59. The first kappa shape index (κ1) is 18.5. The zero-order chi connectivity index (χ0) is 19.3. The summed E-state index contributed by atoms with van der Waals surface area (Å²) >= 11 is 0. The second kappa shape index (κ2) is 8.45. The van der Waals surface area contributed by atoms with Gasteiger partial charge in [0.05, 0.1) is 0 Å². The molecule has 0 saturated carbocycles. The highest BCUT2D eigenvalue weighted by atomic mass is 16.3. The van der Waals surface area contributed by atoms with Crippen molar-refractivity contribution in [2.75, 3.05) is 18.8 Å². The van der Waals surface area contributed by atoms with Gasteiger partial charge in [0, 0.05) is 36.6 Å². The number of aliphatic hydroxyl groups is 1. The molecule has 0 aliphatic carbocycles. The highest BCUT2D eigenvalue weighted by Crippen LogP contribution is 2.24. The SMILES string of the molecule is Nc1ncc(CN2CCC(Cc3nnc(CO)n3-c3ccccc3)CC2)cn1. The lowest BCUT2D eigenvalue weighted by atomic mass is 9.93. The molecule has 3 aromatic rings. The third-order valence-electron chi connectivity index (χ3n) is 5.26. The normalized spacial score (nSPS) is 15.8. The molecule has 8 nitrogen and oxygen atoms in total. The van der Waals surface area contributed by atoms with Gasteiger partial charge < -0.3 is 10.8 Å². The summed E-state index contributed by atoms with van der Waals surface area (Å²) in [4.78, 5) is 10.6. The standard InChI is InChI=1S/C20H25N7O/c21-20-22-11-16(12-23-20)13-26-8-6-15(7-9-26)10-18-24-25-19(14-28)27(18)17-4-2-1-3-5-17/h1-5,11-12,15,28H,6-10,13-14H2,(H2,21,22,23). The predicted molar refractivity (Wildman–Crippen MR) is 105 cm³/mol. The molecule has 0 atom stereocenters. The Balaban J connectivity index is 1.39. The summed E-state index contributed by atoms with van der Waals surface area (Å²) in [5.41, 5.74) is 7.63. The molecule has 8 heteroatoms. The van der Waals surface area contributed by atoms with Crippen LogP contribution in [0.5, 0.6) is 0 Å². The van der Waals surface area contributed by atoms with E-state index in [-0.39, 0.29) is 6.61 Å². The predicted octanol–water partition coefficient (Wildman–Crippen LogP) is 1.59. The molecule has 28 heavy (non-hydrogen) atoms. The molecule has 3 heterocycles. The van der Waals surface area contributed by atoms with E-state index in [2.05, 4.69) is 25.1 Å². The van der Waals surface area contributed by atoms with Crippen LogP contribution in [-0.4, -0.2) is 47.8 Å². The van der Waals surface area contributed by atoms with E-state index in [4.69, 9.17) is 5.73 Å². The van der Waals surface area contributed by atoms with Crippen LogP contribution < -0.4 is 5.73 Å². The van der Waals surface area contributed by atoms with Crippen LogP contribution in [0.4, 0.5) is 5.95 Å². The number of nitrogen functional groups attached to an aromatic ring is 1. The number of nitrogens with two attached hydrogens (primary N) is 1. The maximum atomic E-state index is 9.64. The number of aromatic nitrogens is 5. The number of nitrogens with zero attached hydrogens (tertiary/aromatic N) is 6. The molecule has 3 N–H and O–H groups in total. The van der Waals surface area contributed by atoms with E-state index < -0.39 is 0 Å². The van der Waals surface area contributed by atoms with Crippen molar-refractivity contribution in [3.05, 3.63) is 59.9 Å². The van der Waals surface area contributed by atoms with Gasteiger partial charge in [-0.1, -0.05) is 18.2 Å². The lowest BCUT2D eigenvalue weighted by Crippen LogP contribution is -2.34. The third kappa shape index (κ3) is 4.18. The molecular formula is C20H25N7O. The number of hydrogen-bond donors (Lipinski definition) is 2. The van der Waals surface area contributed by atoms with E-state index in [1.807, 2.05) is 34.9 Å². The van der Waals surface area contributed by atoms with Crippen molar-refractivity contribution in [2.45, 2.75) is 32.4 Å². The minimum Gasteiger partial charge on any atom is -0.388 e. The van der Waals surface area contributed by atoms with Gasteiger partial charge in [-0.05, 0) is 44.0 Å². The summed E-state index contributed by atoms with van der Waals surface area (Å²) in [5.74, 6) is 2.37. The minimum absolute atomic E-state index is 0.121. The van der Waals surface area contributed by atoms with Crippen LogP contribution in [0.1, 0.15) is 30.1 Å². The van der Waals surface area contributed by atoms with Gasteiger partial charge in [-0.25, -0.2) is 9.97 Å². The monoisotopic (exact) mass is 379 g/mol. The van der Waals surface area contributed by atoms with Crippen molar-refractivity contribution >= 4 is 5.95 Å². The molecule has 1 fully saturated rings. The topological polar surface area (TPSA) is 106 Å². The van der Waals surface area contributed by atoms with E-state index in [0.717, 1.165) is 56.0 Å². The minimum atomic E-state index is -0.121. The average Bonchev–Trinajstić information content (AvgIpc) is 3.14. The zero-order valence-corrected chi connectivity index (χ0v) is 15.8. The van der Waals surface area contributed by atoms with Crippen molar-refractivity contribution in [1.82, 2.24) is 29.6 Å². The van der Waals surface area contributed by atoms with Crippen LogP contribution >= 0.6 is 0 Å². The third-order valence-corrected chi connectivity index (χ3v) is 5.26. The molecule has 4 rings (SSSR count). The molecular weight excluding hydrogens is 354 g/mol. The first-order valence-electron chi connectivity index (χ1n) is 9.61. The number of piperidine rings is 1. The number of aliphatic hydroxyl groups excluding tert-OH is 1. The first-order chi connectivity index (χ1) is 13.7. The molecule has 1 aliphatic rings. The Morgan fingerprint density at radius 3 is 2.36 bits per heavy atom. The van der Waals surface area contributed by atoms with Crippen LogP contribution in [-0.2, 0) is 19.6 Å². The maximum absolute atomic E-state index is 9.64. The summed E-state index contributed by atoms with van der Waals surface area (Å²) in [6.07, 6.45) is 6.67. The van der Waals surface area contributed by atoms with E-state index in [9.17, 15) is 5.11 Å². The maximum Gasteiger partial charge on any atom is 0.219 e. The number of hydrogen-bond acceptors (Lipinski definition) is 7. The number of rotatable bonds is 6. The number of benzene rings is 1. The van der Waals surface area contributed by atoms with E-state index >= 15 is 0 Å². The first-order valence-corrected chi connectivity index (χ1v) is 9.61. The highest BCUT2D eigenvalue weighted by Gasteiger charge is 2.23. The summed E-state index contributed by atoms with van der Waals surface area (Å²) in [6.45, 7) is 2.79. The fourth-order valence-corrected chi connectivity index (χ4v) is 3.77. The molecule has 0 bridgehead atoms. The molecule has 0 spiro atoms. The Bertz CT molecular complexity index is 887. The quantitative estimate of drug-likeness (QED) is 0.670. The average molecular weight is 379 g/mol. The fraction of sp³-hybridized carbons (Fsp3) is 0.400. The van der Waals surface area contributed by atoms with Crippen LogP contribution in [0.25, 0.3) is 5.69 Å². The Hall–Kier alpha value is -2.84. The van der Waals surface area contributed by atoms with Crippen molar-refractivity contribution in [1.29, 1.82) is 0 Å². The van der Waals surface area contributed by atoms with Crippen LogP contribution in [0.2, 0.25) is 0 Å². The zero-order valence-electron chi connectivity index (χ0n) is 15.8. The number of anilines is 1. The van der Waals surface area contributed by atoms with Crippen molar-refractivity contribution in [2.24, 2.45) is 5.92 Å². The van der Waals surface area contributed by atoms with E-state index in [1.54, 1.807) is 12.4 Å². The molecule has 0 unspecified atom stereocenters. The van der Waals surface area contributed by atoms with Crippen LogP contribution in [0, 0.1) is 5.92 Å². The Morgan fingerprint density at radius 1 is 1.00 bits per heavy atom. The van der Waals surface area contributed by atoms with Gasteiger partial charge in [0.25, 0.3) is 0 Å². The van der Waals surface area contributed by atoms with Crippen LogP contribution in [0.3, 0.4) is 0 Å². The summed E-state index contributed by atoms with van der Waals surface area (Å²) in [5, 5.41) is 18.2. The summed E-state index contributed by atoms with van der Waals surface area (Å²) in [6, 6.07) is 9.99. The van der Waals surface area contributed by atoms with E-state index in [1.165, 1.54) is 0 Å². The number of likely N-dealkylation sites (tertiary alicyclic amines) is 1. The molecule has 0 amide bonds. The molecule has 146 valence electrons. The van der Waals surface area contributed by atoms with Crippen molar-refractivity contribution < 1.29 is 5.11 Å². The fourth-order valence-electron chi connectivity index (χ4n) is 3.77. The molecule has 1 saturated heterocycles. The van der Waals surface area contributed by atoms with Crippen molar-refractivity contribution in [3.8, 4) is 5.69 Å². The van der Waals surface area contributed by atoms with Gasteiger partial charge in [-0.15, -0.1) is 10.2 Å². The van der Waals surface area contributed by atoms with Gasteiger partial charge in [0.15, 0.2) is 5.82 Å². The summed E-state index contributed by atoms with van der Waals surface area (Å²) in [7, 11) is 0. The van der Waals surface area contributed by atoms with Gasteiger partial charge in [-0.2, -0.15) is 0 Å². The lowest BCUT2D eigenvalue weighted by Gasteiger charge is -2.31. The molecule has 2 aromatic heterocycles. The molecule has 0 radical (unpaired) electrons. The Labute approximate surface area is 164 Å². The number of para-hydroxylation sites is 1. The van der Waals surface area contributed by atoms with Gasteiger partial charge in [-0.3, -0.25) is 9.47 Å². The molecule has 1 aromatic carbocycles. The van der Waals surface area contributed by atoms with E-state index in [0.29, 0.717) is 17.7 Å². The Morgan fingerprint density at radius 2 is 1.68 bits per heavy atom. The summed E-state index contributed by atoms with van der Waals surface area (Å²) < 4.78 is 1.98. The molecule has 1 aliphatic heterocycles. The second-order valence-corrected chi connectivity index (χ2v) is 7.23. The van der Waals surface area contributed by atoms with Gasteiger partial charge >= 0.3 is 0 Å². The van der Waals surface area contributed by atoms with Crippen molar-refractivity contribution in [3.63, 3.8) is 0 Å². The largest absolute Gasteiger partial charge is 0.388 e.